The summed E-state index contributed by atoms with van der Waals surface area (Å²) in [6, 6.07) is 15.2. The molecule has 0 bridgehead atoms. The molecule has 21 heavy (non-hydrogen) atoms. The van der Waals surface area contributed by atoms with E-state index in [0.29, 0.717) is 5.75 Å². The Balaban J connectivity index is 1.92. The summed E-state index contributed by atoms with van der Waals surface area (Å²) in [6.45, 7) is 2.02. The van der Waals surface area contributed by atoms with Crippen LogP contribution in [0.15, 0.2) is 53.4 Å². The van der Waals surface area contributed by atoms with Crippen LogP contribution in [0.3, 0.4) is 0 Å². The second-order valence-corrected chi connectivity index (χ2v) is 6.23. The zero-order valence-electron chi connectivity index (χ0n) is 11.5. The van der Waals surface area contributed by atoms with Crippen LogP contribution < -0.4 is 0 Å². The number of hydrogen-bond acceptors (Lipinski definition) is 3. The van der Waals surface area contributed by atoms with Gasteiger partial charge in [-0.2, -0.15) is 0 Å². The van der Waals surface area contributed by atoms with E-state index in [0.717, 1.165) is 32.1 Å². The predicted octanol–water partition coefficient (Wildman–Crippen LogP) is 5.19. The Morgan fingerprint density at radius 3 is 2.76 bits per heavy atom. The first kappa shape index (κ1) is 14.2. The highest BCUT2D eigenvalue weighted by atomic mass is 35.5. The Hall–Kier alpha value is -1.71. The van der Waals surface area contributed by atoms with Crippen molar-refractivity contribution < 1.29 is 5.11 Å². The van der Waals surface area contributed by atoms with Crippen LogP contribution in [0.5, 0.6) is 5.75 Å². The van der Waals surface area contributed by atoms with E-state index in [1.54, 1.807) is 23.9 Å². The number of aromatic hydroxyl groups is 1. The molecule has 1 aromatic heterocycles. The summed E-state index contributed by atoms with van der Waals surface area (Å²) in [6.07, 6.45) is 0. The van der Waals surface area contributed by atoms with Gasteiger partial charge in [-0.25, -0.2) is 0 Å². The summed E-state index contributed by atoms with van der Waals surface area (Å²) in [5.74, 6) is 0.947. The number of nitrogens with zero attached hydrogens (tertiary/aromatic N) is 1. The summed E-state index contributed by atoms with van der Waals surface area (Å²) in [7, 11) is 0. The third-order valence-corrected chi connectivity index (χ3v) is 4.85. The molecule has 3 aromatic rings. The minimum absolute atomic E-state index is 0.272. The minimum Gasteiger partial charge on any atom is -0.508 e. The Labute approximate surface area is 132 Å². The lowest BCUT2D eigenvalue weighted by atomic mass is 10.1. The maximum Gasteiger partial charge on any atom is 0.116 e. The van der Waals surface area contributed by atoms with E-state index in [4.69, 9.17) is 11.6 Å². The van der Waals surface area contributed by atoms with Crippen LogP contribution in [0, 0.1) is 6.92 Å². The van der Waals surface area contributed by atoms with Crippen LogP contribution in [0.4, 0.5) is 0 Å². The number of pyridine rings is 1. The van der Waals surface area contributed by atoms with Crippen LogP contribution in [0.2, 0.25) is 5.02 Å². The van der Waals surface area contributed by atoms with E-state index < -0.39 is 0 Å². The van der Waals surface area contributed by atoms with Crippen LogP contribution in [-0.4, -0.2) is 10.1 Å². The van der Waals surface area contributed by atoms with Crippen LogP contribution in [0.1, 0.15) is 11.3 Å². The molecule has 106 valence electrons. The van der Waals surface area contributed by atoms with Crippen molar-refractivity contribution in [3.05, 3.63) is 64.8 Å². The standard InChI is InChI=1S/C17H14ClNOS/c1-11-14-7-2-3-8-15(14)19-16(17(11)18)10-21-13-6-4-5-12(20)9-13/h2-9,20H,10H2,1H3. The monoisotopic (exact) mass is 315 g/mol. The molecule has 4 heteroatoms. The summed E-state index contributed by atoms with van der Waals surface area (Å²) >= 11 is 8.06. The topological polar surface area (TPSA) is 33.1 Å². The van der Waals surface area contributed by atoms with Gasteiger partial charge >= 0.3 is 0 Å². The van der Waals surface area contributed by atoms with E-state index in [9.17, 15) is 5.11 Å². The van der Waals surface area contributed by atoms with E-state index in [1.807, 2.05) is 43.3 Å². The van der Waals surface area contributed by atoms with Gasteiger partial charge in [0.05, 0.1) is 16.2 Å². The molecule has 0 saturated heterocycles. The number of thioether (sulfide) groups is 1. The maximum absolute atomic E-state index is 9.50. The molecule has 1 N–H and O–H groups in total. The first-order chi connectivity index (χ1) is 10.1. The predicted molar refractivity (Wildman–Crippen MR) is 89.2 cm³/mol. The summed E-state index contributed by atoms with van der Waals surface area (Å²) in [5.41, 5.74) is 2.90. The molecule has 2 aromatic carbocycles. The molecule has 0 unspecified atom stereocenters. The molecule has 0 radical (unpaired) electrons. The van der Waals surface area contributed by atoms with Gasteiger partial charge in [-0.05, 0) is 36.8 Å². The average molecular weight is 316 g/mol. The smallest absolute Gasteiger partial charge is 0.116 e. The molecular weight excluding hydrogens is 302 g/mol. The zero-order chi connectivity index (χ0) is 14.8. The van der Waals surface area contributed by atoms with Gasteiger partial charge in [0, 0.05) is 16.0 Å². The fourth-order valence-corrected chi connectivity index (χ4v) is 3.42. The van der Waals surface area contributed by atoms with Crippen LogP contribution >= 0.6 is 23.4 Å². The number of benzene rings is 2. The van der Waals surface area contributed by atoms with Crippen molar-refractivity contribution in [2.45, 2.75) is 17.6 Å². The van der Waals surface area contributed by atoms with Crippen molar-refractivity contribution in [2.24, 2.45) is 0 Å². The first-order valence-electron chi connectivity index (χ1n) is 6.60. The molecule has 2 nitrogen and oxygen atoms in total. The molecule has 0 fully saturated rings. The molecule has 0 aliphatic heterocycles. The van der Waals surface area contributed by atoms with Crippen molar-refractivity contribution in [2.75, 3.05) is 0 Å². The molecule has 0 atom stereocenters. The fraction of sp³-hybridized carbons (Fsp3) is 0.118. The van der Waals surface area contributed by atoms with Gasteiger partial charge in [-0.1, -0.05) is 35.9 Å². The van der Waals surface area contributed by atoms with Gasteiger partial charge in [0.25, 0.3) is 0 Å². The van der Waals surface area contributed by atoms with E-state index in [-0.39, 0.29) is 5.75 Å². The Bertz CT molecular complexity index is 804. The SMILES string of the molecule is Cc1c(Cl)c(CSc2cccc(O)c2)nc2ccccc12. The number of aryl methyl sites for hydroxylation is 1. The fourth-order valence-electron chi connectivity index (χ4n) is 2.24. The number of phenolic OH excluding ortho intramolecular Hbond substituents is 1. The molecule has 3 rings (SSSR count). The highest BCUT2D eigenvalue weighted by Crippen LogP contribution is 2.32. The van der Waals surface area contributed by atoms with Crippen LogP contribution in [-0.2, 0) is 5.75 Å². The van der Waals surface area contributed by atoms with Gasteiger partial charge in [0.2, 0.25) is 0 Å². The molecule has 0 aliphatic carbocycles. The summed E-state index contributed by atoms with van der Waals surface area (Å²) < 4.78 is 0. The first-order valence-corrected chi connectivity index (χ1v) is 7.97. The second kappa shape index (κ2) is 5.96. The number of phenols is 1. The number of para-hydroxylation sites is 1. The van der Waals surface area contributed by atoms with E-state index in [2.05, 4.69) is 4.98 Å². The third kappa shape index (κ3) is 2.99. The second-order valence-electron chi connectivity index (χ2n) is 4.80. The van der Waals surface area contributed by atoms with Gasteiger partial charge < -0.3 is 5.11 Å². The Morgan fingerprint density at radius 1 is 1.14 bits per heavy atom. The largest absolute Gasteiger partial charge is 0.508 e. The number of fused-ring (bicyclic) bond motifs is 1. The van der Waals surface area contributed by atoms with Gasteiger partial charge in [-0.15, -0.1) is 11.8 Å². The number of rotatable bonds is 3. The van der Waals surface area contributed by atoms with Crippen LogP contribution in [0.25, 0.3) is 10.9 Å². The molecule has 1 heterocycles. The average Bonchev–Trinajstić information content (AvgIpc) is 2.50. The molecule has 0 aliphatic rings. The van der Waals surface area contributed by atoms with E-state index >= 15 is 0 Å². The lowest BCUT2D eigenvalue weighted by molar-refractivity contribution is 0.474. The lowest BCUT2D eigenvalue weighted by Crippen LogP contribution is -1.94. The normalized spacial score (nSPS) is 11.0. The van der Waals surface area contributed by atoms with Crippen molar-refractivity contribution in [1.29, 1.82) is 0 Å². The molecule has 0 saturated carbocycles. The van der Waals surface area contributed by atoms with Gasteiger partial charge in [0.1, 0.15) is 5.75 Å². The quantitative estimate of drug-likeness (QED) is 0.675. The van der Waals surface area contributed by atoms with Crippen molar-refractivity contribution in [3.63, 3.8) is 0 Å². The molecular formula is C17H14ClNOS. The number of hydrogen-bond donors (Lipinski definition) is 1. The number of halogens is 1. The Morgan fingerprint density at radius 2 is 1.95 bits per heavy atom. The number of aromatic nitrogens is 1. The van der Waals surface area contributed by atoms with Gasteiger partial charge in [-0.3, -0.25) is 4.98 Å². The molecule has 0 spiro atoms. The van der Waals surface area contributed by atoms with E-state index in [1.165, 1.54) is 0 Å². The Kier molecular flexibility index (Phi) is 4.04. The summed E-state index contributed by atoms with van der Waals surface area (Å²) in [5, 5.41) is 11.3. The minimum atomic E-state index is 0.272. The van der Waals surface area contributed by atoms with Crippen molar-refractivity contribution in [3.8, 4) is 5.75 Å². The van der Waals surface area contributed by atoms with Gasteiger partial charge in [0.15, 0.2) is 0 Å². The maximum atomic E-state index is 9.50. The zero-order valence-corrected chi connectivity index (χ0v) is 13.1. The lowest BCUT2D eigenvalue weighted by Gasteiger charge is -2.10. The van der Waals surface area contributed by atoms with Crippen molar-refractivity contribution in [1.82, 2.24) is 4.98 Å². The highest BCUT2D eigenvalue weighted by molar-refractivity contribution is 7.98. The molecule has 0 amide bonds. The highest BCUT2D eigenvalue weighted by Gasteiger charge is 2.10. The van der Waals surface area contributed by atoms with Crippen molar-refractivity contribution >= 4 is 34.3 Å². The third-order valence-electron chi connectivity index (χ3n) is 3.34. The summed E-state index contributed by atoms with van der Waals surface area (Å²) in [4.78, 5) is 5.66.